The van der Waals surface area contributed by atoms with Crippen molar-refractivity contribution < 1.29 is 5.11 Å². The molecule has 1 aromatic carbocycles. The van der Waals surface area contributed by atoms with Gasteiger partial charge in [0.05, 0.1) is 18.0 Å². The zero-order valence-corrected chi connectivity index (χ0v) is 23.3. The number of nitrogens with one attached hydrogen (secondary N) is 2. The van der Waals surface area contributed by atoms with Crippen LogP contribution in [-0.4, -0.2) is 29.3 Å². The molecule has 1 aromatic heterocycles. The summed E-state index contributed by atoms with van der Waals surface area (Å²) in [5.41, 5.74) is 7.75. The van der Waals surface area contributed by atoms with E-state index in [1.165, 1.54) is 11.1 Å². The molecule has 3 N–H and O–H groups in total. The van der Waals surface area contributed by atoms with Crippen LogP contribution in [0.5, 0.6) is 0 Å². The highest BCUT2D eigenvalue weighted by Crippen LogP contribution is 2.25. The molecule has 2 aliphatic rings. The fraction of sp³-hybridized carbons (Fsp3) is 0.286. The molecule has 0 bridgehead atoms. The number of aryl methyl sites for hydroxylation is 1. The Morgan fingerprint density at radius 1 is 1.21 bits per heavy atom. The van der Waals surface area contributed by atoms with E-state index in [1.54, 1.807) is 0 Å². The van der Waals surface area contributed by atoms with Crippen molar-refractivity contribution in [3.8, 4) is 0 Å². The van der Waals surface area contributed by atoms with Gasteiger partial charge in [-0.2, -0.15) is 0 Å². The van der Waals surface area contributed by atoms with E-state index in [0.29, 0.717) is 0 Å². The molecule has 0 saturated heterocycles. The van der Waals surface area contributed by atoms with Gasteiger partial charge in [0.1, 0.15) is 0 Å². The van der Waals surface area contributed by atoms with Crippen LogP contribution in [0.15, 0.2) is 96.3 Å². The first kappa shape index (κ1) is 28.3. The lowest BCUT2D eigenvalue weighted by molar-refractivity contribution is 0.243. The predicted molar refractivity (Wildman–Crippen MR) is 166 cm³/mol. The summed E-state index contributed by atoms with van der Waals surface area (Å²) in [6.07, 6.45) is 24.6. The van der Waals surface area contributed by atoms with Gasteiger partial charge in [-0.1, -0.05) is 66.8 Å². The maximum absolute atomic E-state index is 9.52. The lowest BCUT2D eigenvalue weighted by Crippen LogP contribution is -2.32. The monoisotopic (exact) mass is 519 g/mol. The first-order valence-corrected chi connectivity index (χ1v) is 14.0. The number of aromatic nitrogens is 1. The molecule has 4 nitrogen and oxygen atoms in total. The Labute approximate surface area is 233 Å². The fourth-order valence-electron chi connectivity index (χ4n) is 4.97. The molecule has 3 heterocycles. The Balaban J connectivity index is 1.51. The molecule has 4 heteroatoms. The second-order valence-electron chi connectivity index (χ2n) is 10.1. The number of hydrogen-bond donors (Lipinski definition) is 3. The molecule has 202 valence electrons. The van der Waals surface area contributed by atoms with Crippen LogP contribution < -0.4 is 21.1 Å². The lowest BCUT2D eigenvalue weighted by atomic mass is 9.99. The van der Waals surface area contributed by atoms with Gasteiger partial charge in [-0.25, -0.2) is 0 Å². The van der Waals surface area contributed by atoms with Gasteiger partial charge < -0.3 is 15.7 Å². The standard InChI is InChI=1S/C35H41N3O/c1-4-28(13-6-5-7-14-29-15-11-21-36-32(23-29)25-39)22-31-24-30(19-18-26(31)2)33-16-8-9-20-37-35(33)34-17-10-12-27(3)38-34/h4,6,8-10,12-13,15-20,22,24,32,36-37,39H,2,5,7,11,14,21,23,25H2,1,3H3/b13-6+,28-4-,31-22-/t32-/m1/s1. The van der Waals surface area contributed by atoms with Crippen LogP contribution in [0.3, 0.4) is 0 Å². The SMILES string of the molecule is C=c1ccc(C2=C(c3cccc(C)n3)NC=CC=C2)c/c1=C/C(=C\C)/C=C/CCCC1=CCCN[C@@H](CO)C1. The van der Waals surface area contributed by atoms with Gasteiger partial charge in [-0.05, 0) is 104 Å². The molecule has 0 fully saturated rings. The third-order valence-electron chi connectivity index (χ3n) is 7.14. The average molecular weight is 520 g/mol. The summed E-state index contributed by atoms with van der Waals surface area (Å²) in [6.45, 7) is 9.55. The predicted octanol–water partition coefficient (Wildman–Crippen LogP) is 5.47. The summed E-state index contributed by atoms with van der Waals surface area (Å²) in [5, 5.41) is 18.5. The minimum atomic E-state index is 0.201. The molecule has 0 saturated carbocycles. The van der Waals surface area contributed by atoms with Crippen molar-refractivity contribution in [3.05, 3.63) is 124 Å². The minimum Gasteiger partial charge on any atom is -0.395 e. The van der Waals surface area contributed by atoms with Crippen molar-refractivity contribution in [2.45, 2.75) is 52.0 Å². The van der Waals surface area contributed by atoms with Crippen molar-refractivity contribution in [1.29, 1.82) is 0 Å². The van der Waals surface area contributed by atoms with Crippen LogP contribution >= 0.6 is 0 Å². The topological polar surface area (TPSA) is 57.2 Å². The summed E-state index contributed by atoms with van der Waals surface area (Å²) >= 11 is 0. The molecule has 0 radical (unpaired) electrons. The summed E-state index contributed by atoms with van der Waals surface area (Å²) in [7, 11) is 0. The van der Waals surface area contributed by atoms with Gasteiger partial charge in [0.15, 0.2) is 0 Å². The van der Waals surface area contributed by atoms with Crippen molar-refractivity contribution in [3.63, 3.8) is 0 Å². The third kappa shape index (κ3) is 8.13. The highest BCUT2D eigenvalue weighted by Gasteiger charge is 2.13. The summed E-state index contributed by atoms with van der Waals surface area (Å²) in [4.78, 5) is 4.76. The highest BCUT2D eigenvalue weighted by molar-refractivity contribution is 5.94. The smallest absolute Gasteiger partial charge is 0.0873 e. The van der Waals surface area contributed by atoms with Gasteiger partial charge in [0.2, 0.25) is 0 Å². The number of allylic oxidation sites excluding steroid dienone is 8. The van der Waals surface area contributed by atoms with Crippen LogP contribution in [0.1, 0.15) is 56.0 Å². The minimum absolute atomic E-state index is 0.201. The maximum atomic E-state index is 9.52. The third-order valence-corrected chi connectivity index (χ3v) is 7.14. The number of pyridine rings is 1. The summed E-state index contributed by atoms with van der Waals surface area (Å²) in [6, 6.07) is 12.7. The molecule has 1 atom stereocenters. The Kier molecular flexibility index (Phi) is 10.5. The number of aliphatic hydroxyl groups excluding tert-OH is 1. The van der Waals surface area contributed by atoms with Crippen LogP contribution in [-0.2, 0) is 0 Å². The van der Waals surface area contributed by atoms with Gasteiger partial charge in [-0.15, -0.1) is 0 Å². The fourth-order valence-corrected chi connectivity index (χ4v) is 4.97. The van der Waals surface area contributed by atoms with Gasteiger partial charge >= 0.3 is 0 Å². The van der Waals surface area contributed by atoms with Gasteiger partial charge in [-0.3, -0.25) is 4.98 Å². The van der Waals surface area contributed by atoms with Crippen molar-refractivity contribution in [2.24, 2.45) is 0 Å². The number of rotatable bonds is 9. The second kappa shape index (κ2) is 14.4. The van der Waals surface area contributed by atoms with E-state index in [9.17, 15) is 5.11 Å². The molecule has 0 amide bonds. The quantitative estimate of drug-likeness (QED) is 0.234. The summed E-state index contributed by atoms with van der Waals surface area (Å²) in [5.74, 6) is 0. The molecule has 4 rings (SSSR count). The van der Waals surface area contributed by atoms with E-state index in [1.807, 2.05) is 37.4 Å². The maximum Gasteiger partial charge on any atom is 0.0873 e. The summed E-state index contributed by atoms with van der Waals surface area (Å²) < 4.78 is 0. The molecule has 2 aliphatic heterocycles. The van der Waals surface area contributed by atoms with Gasteiger partial charge in [0, 0.05) is 23.5 Å². The average Bonchev–Trinajstić information content (AvgIpc) is 3.34. The Morgan fingerprint density at radius 2 is 2.10 bits per heavy atom. The van der Waals surface area contributed by atoms with E-state index >= 15 is 0 Å². The molecule has 2 aromatic rings. The number of benzene rings is 1. The van der Waals surface area contributed by atoms with Crippen LogP contribution in [0.25, 0.3) is 23.9 Å². The highest BCUT2D eigenvalue weighted by atomic mass is 16.3. The van der Waals surface area contributed by atoms with Crippen LogP contribution in [0.2, 0.25) is 0 Å². The molecular weight excluding hydrogens is 478 g/mol. The van der Waals surface area contributed by atoms with E-state index in [2.05, 4.69) is 84.9 Å². The first-order chi connectivity index (χ1) is 19.1. The molecule has 0 spiro atoms. The van der Waals surface area contributed by atoms with Crippen LogP contribution in [0.4, 0.5) is 0 Å². The Morgan fingerprint density at radius 3 is 2.92 bits per heavy atom. The lowest BCUT2D eigenvalue weighted by Gasteiger charge is -2.14. The van der Waals surface area contributed by atoms with Crippen molar-refractivity contribution in [2.75, 3.05) is 13.2 Å². The van der Waals surface area contributed by atoms with E-state index < -0.39 is 0 Å². The number of nitrogens with zero attached hydrogens (tertiary/aromatic N) is 1. The molecule has 0 aliphatic carbocycles. The Hall–Kier alpha value is -3.73. The zero-order chi connectivity index (χ0) is 27.5. The number of unbranched alkanes of at least 4 members (excludes halogenated alkanes) is 1. The van der Waals surface area contributed by atoms with E-state index in [0.717, 1.165) is 77.3 Å². The van der Waals surface area contributed by atoms with E-state index in [-0.39, 0.29) is 12.6 Å². The first-order valence-electron chi connectivity index (χ1n) is 14.0. The van der Waals surface area contributed by atoms with Gasteiger partial charge in [0.25, 0.3) is 0 Å². The van der Waals surface area contributed by atoms with Crippen molar-refractivity contribution >= 4 is 23.9 Å². The largest absolute Gasteiger partial charge is 0.395 e. The van der Waals surface area contributed by atoms with E-state index in [4.69, 9.17) is 4.98 Å². The number of hydrogen-bond acceptors (Lipinski definition) is 4. The second-order valence-corrected chi connectivity index (χ2v) is 10.1. The zero-order valence-electron chi connectivity index (χ0n) is 23.3. The van der Waals surface area contributed by atoms with Crippen LogP contribution in [0, 0.1) is 6.92 Å². The Bertz CT molecular complexity index is 1440. The molecule has 39 heavy (non-hydrogen) atoms. The molecular formula is C35H41N3O. The molecule has 0 unspecified atom stereocenters. The normalized spacial score (nSPS) is 18.7. The van der Waals surface area contributed by atoms with Crippen molar-refractivity contribution in [1.82, 2.24) is 15.6 Å². The number of aliphatic hydroxyl groups is 1.